The molecule has 2 nitrogen and oxygen atoms in total. The van der Waals surface area contributed by atoms with Crippen molar-refractivity contribution in [1.29, 1.82) is 0 Å². The second kappa shape index (κ2) is 7.09. The lowest BCUT2D eigenvalue weighted by Gasteiger charge is -2.22. The monoisotopic (exact) mass is 304 g/mol. The molecule has 1 aromatic rings. The quantitative estimate of drug-likeness (QED) is 0.874. The van der Waals surface area contributed by atoms with E-state index in [2.05, 4.69) is 15.9 Å². The van der Waals surface area contributed by atoms with Crippen LogP contribution >= 0.6 is 15.9 Å². The lowest BCUT2D eigenvalue weighted by atomic mass is 10.0. The SMILES string of the molecule is CCOC(CC)C(O)Cc1ccc(F)cc1Br. The first kappa shape index (κ1) is 14.6. The first-order valence-electron chi connectivity index (χ1n) is 5.82. The molecule has 0 spiro atoms. The molecule has 0 amide bonds. The maximum Gasteiger partial charge on any atom is 0.124 e. The summed E-state index contributed by atoms with van der Waals surface area (Å²) < 4.78 is 19.0. The average Bonchev–Trinajstić information content (AvgIpc) is 2.29. The molecule has 96 valence electrons. The van der Waals surface area contributed by atoms with Gasteiger partial charge in [0.25, 0.3) is 0 Å². The fraction of sp³-hybridized carbons (Fsp3) is 0.538. The van der Waals surface area contributed by atoms with Crippen molar-refractivity contribution in [2.24, 2.45) is 0 Å². The second-order valence-electron chi connectivity index (χ2n) is 3.91. The number of halogens is 2. The summed E-state index contributed by atoms with van der Waals surface area (Å²) in [6.45, 7) is 4.46. The van der Waals surface area contributed by atoms with Crippen LogP contribution in [0.4, 0.5) is 4.39 Å². The van der Waals surface area contributed by atoms with Gasteiger partial charge in [0.1, 0.15) is 5.82 Å². The second-order valence-corrected chi connectivity index (χ2v) is 4.76. The molecule has 2 atom stereocenters. The van der Waals surface area contributed by atoms with Gasteiger partial charge in [-0.25, -0.2) is 4.39 Å². The van der Waals surface area contributed by atoms with Crippen molar-refractivity contribution in [2.45, 2.75) is 38.9 Å². The zero-order valence-corrected chi connectivity index (χ0v) is 11.7. The topological polar surface area (TPSA) is 29.5 Å². The summed E-state index contributed by atoms with van der Waals surface area (Å²) in [4.78, 5) is 0. The standard InChI is InChI=1S/C13H18BrFO2/c1-3-13(17-4-2)12(16)7-9-5-6-10(15)8-11(9)14/h5-6,8,12-13,16H,3-4,7H2,1-2H3. The van der Waals surface area contributed by atoms with Crippen LogP contribution in [0.3, 0.4) is 0 Å². The third-order valence-electron chi connectivity index (χ3n) is 2.66. The number of aliphatic hydroxyl groups excluding tert-OH is 1. The Bertz CT molecular complexity index is 357. The minimum atomic E-state index is -0.568. The molecule has 0 aliphatic rings. The van der Waals surface area contributed by atoms with Gasteiger partial charge in [-0.1, -0.05) is 28.9 Å². The Kier molecular flexibility index (Phi) is 6.09. The van der Waals surface area contributed by atoms with Crippen LogP contribution in [-0.4, -0.2) is 23.9 Å². The van der Waals surface area contributed by atoms with E-state index in [0.717, 1.165) is 12.0 Å². The van der Waals surface area contributed by atoms with Gasteiger partial charge in [0.05, 0.1) is 12.2 Å². The molecule has 0 fully saturated rings. The molecule has 4 heteroatoms. The van der Waals surface area contributed by atoms with E-state index in [9.17, 15) is 9.50 Å². The Balaban J connectivity index is 2.69. The average molecular weight is 305 g/mol. The fourth-order valence-corrected chi connectivity index (χ4v) is 2.27. The number of ether oxygens (including phenoxy) is 1. The predicted octanol–water partition coefficient (Wildman–Crippen LogP) is 3.31. The lowest BCUT2D eigenvalue weighted by Crippen LogP contribution is -2.30. The van der Waals surface area contributed by atoms with Gasteiger partial charge >= 0.3 is 0 Å². The molecule has 2 unspecified atom stereocenters. The third kappa shape index (κ3) is 4.37. The third-order valence-corrected chi connectivity index (χ3v) is 3.39. The van der Waals surface area contributed by atoms with E-state index in [1.54, 1.807) is 6.07 Å². The molecule has 0 heterocycles. The zero-order valence-electron chi connectivity index (χ0n) is 10.1. The van der Waals surface area contributed by atoms with Gasteiger partial charge in [0.2, 0.25) is 0 Å². The highest BCUT2D eigenvalue weighted by Gasteiger charge is 2.19. The van der Waals surface area contributed by atoms with Crippen molar-refractivity contribution in [2.75, 3.05) is 6.61 Å². The summed E-state index contributed by atoms with van der Waals surface area (Å²) in [5.74, 6) is -0.285. The molecular formula is C13H18BrFO2. The predicted molar refractivity (Wildman–Crippen MR) is 69.5 cm³/mol. The highest BCUT2D eigenvalue weighted by molar-refractivity contribution is 9.10. The smallest absolute Gasteiger partial charge is 0.124 e. The Morgan fingerprint density at radius 2 is 2.12 bits per heavy atom. The maximum atomic E-state index is 12.9. The number of hydrogen-bond donors (Lipinski definition) is 1. The Labute approximate surface area is 110 Å². The molecule has 0 saturated carbocycles. The van der Waals surface area contributed by atoms with Crippen LogP contribution in [0.5, 0.6) is 0 Å². The number of hydrogen-bond acceptors (Lipinski definition) is 2. The number of aliphatic hydroxyl groups is 1. The molecule has 0 bridgehead atoms. The fourth-order valence-electron chi connectivity index (χ4n) is 1.76. The molecule has 0 radical (unpaired) electrons. The number of benzene rings is 1. The van der Waals surface area contributed by atoms with Gasteiger partial charge in [-0.05, 0) is 31.0 Å². The number of rotatable bonds is 6. The Hall–Kier alpha value is -0.450. The van der Waals surface area contributed by atoms with E-state index in [4.69, 9.17) is 4.74 Å². The van der Waals surface area contributed by atoms with Crippen LogP contribution in [0.1, 0.15) is 25.8 Å². The summed E-state index contributed by atoms with van der Waals surface area (Å²) in [6, 6.07) is 4.49. The maximum absolute atomic E-state index is 12.9. The Morgan fingerprint density at radius 3 is 2.65 bits per heavy atom. The van der Waals surface area contributed by atoms with Crippen molar-refractivity contribution in [3.05, 3.63) is 34.1 Å². The van der Waals surface area contributed by atoms with Crippen molar-refractivity contribution in [3.63, 3.8) is 0 Å². The molecule has 1 aromatic carbocycles. The molecule has 1 N–H and O–H groups in total. The normalized spacial score (nSPS) is 14.6. The van der Waals surface area contributed by atoms with Gasteiger partial charge < -0.3 is 9.84 Å². The molecule has 17 heavy (non-hydrogen) atoms. The first-order chi connectivity index (χ1) is 8.08. The zero-order chi connectivity index (χ0) is 12.8. The molecule has 1 rings (SSSR count). The van der Waals surface area contributed by atoms with E-state index in [1.807, 2.05) is 13.8 Å². The lowest BCUT2D eigenvalue weighted by molar-refractivity contribution is -0.0335. The minimum absolute atomic E-state index is 0.169. The van der Waals surface area contributed by atoms with Crippen LogP contribution in [0.25, 0.3) is 0 Å². The summed E-state index contributed by atoms with van der Waals surface area (Å²) in [6.07, 6.45) is 0.478. The van der Waals surface area contributed by atoms with E-state index in [-0.39, 0.29) is 11.9 Å². The highest BCUT2D eigenvalue weighted by Crippen LogP contribution is 2.21. The molecular weight excluding hydrogens is 287 g/mol. The Morgan fingerprint density at radius 1 is 1.41 bits per heavy atom. The van der Waals surface area contributed by atoms with Crippen LogP contribution in [0.15, 0.2) is 22.7 Å². The van der Waals surface area contributed by atoms with Crippen molar-refractivity contribution >= 4 is 15.9 Å². The molecule has 0 saturated heterocycles. The van der Waals surface area contributed by atoms with Crippen molar-refractivity contribution in [3.8, 4) is 0 Å². The summed E-state index contributed by atoms with van der Waals surface area (Å²) in [5, 5.41) is 10.0. The van der Waals surface area contributed by atoms with Crippen molar-refractivity contribution < 1.29 is 14.2 Å². The van der Waals surface area contributed by atoms with Crippen LogP contribution in [0, 0.1) is 5.82 Å². The van der Waals surface area contributed by atoms with E-state index in [0.29, 0.717) is 17.5 Å². The summed E-state index contributed by atoms with van der Waals surface area (Å²) in [7, 11) is 0. The van der Waals surface area contributed by atoms with Crippen LogP contribution in [-0.2, 0) is 11.2 Å². The van der Waals surface area contributed by atoms with Gasteiger partial charge in [-0.3, -0.25) is 0 Å². The molecule has 0 aromatic heterocycles. The van der Waals surface area contributed by atoms with E-state index < -0.39 is 6.10 Å². The van der Waals surface area contributed by atoms with Gasteiger partial charge in [-0.2, -0.15) is 0 Å². The summed E-state index contributed by atoms with van der Waals surface area (Å²) >= 11 is 3.29. The molecule has 0 aliphatic carbocycles. The van der Waals surface area contributed by atoms with Crippen LogP contribution in [0.2, 0.25) is 0 Å². The summed E-state index contributed by atoms with van der Waals surface area (Å²) in [5.41, 5.74) is 0.886. The van der Waals surface area contributed by atoms with E-state index >= 15 is 0 Å². The largest absolute Gasteiger partial charge is 0.390 e. The molecule has 0 aliphatic heterocycles. The minimum Gasteiger partial charge on any atom is -0.390 e. The first-order valence-corrected chi connectivity index (χ1v) is 6.61. The van der Waals surface area contributed by atoms with Gasteiger partial charge in [0, 0.05) is 17.5 Å². The van der Waals surface area contributed by atoms with Gasteiger partial charge in [0.15, 0.2) is 0 Å². The van der Waals surface area contributed by atoms with Crippen LogP contribution < -0.4 is 0 Å². The van der Waals surface area contributed by atoms with Crippen molar-refractivity contribution in [1.82, 2.24) is 0 Å². The highest BCUT2D eigenvalue weighted by atomic mass is 79.9. The van der Waals surface area contributed by atoms with E-state index in [1.165, 1.54) is 12.1 Å². The van der Waals surface area contributed by atoms with Gasteiger partial charge in [-0.15, -0.1) is 0 Å².